The van der Waals surface area contributed by atoms with E-state index in [4.69, 9.17) is 14.2 Å². The molecule has 4 rings (SSSR count). The molecule has 1 fully saturated rings. The molecule has 1 aliphatic rings. The number of methoxy groups -OCH3 is 2. The number of thiazole rings is 1. The van der Waals surface area contributed by atoms with Crippen LogP contribution >= 0.6 is 23.1 Å². The van der Waals surface area contributed by atoms with E-state index in [0.717, 1.165) is 41.4 Å². The number of hydrogen-bond acceptors (Lipinski definition) is 7. The maximum atomic E-state index is 13.0. The van der Waals surface area contributed by atoms with Crippen molar-refractivity contribution in [3.05, 3.63) is 53.4 Å². The van der Waals surface area contributed by atoms with E-state index in [1.807, 2.05) is 47.8 Å². The third-order valence-electron chi connectivity index (χ3n) is 4.99. The van der Waals surface area contributed by atoms with E-state index in [2.05, 4.69) is 10.3 Å². The number of nitrogens with one attached hydrogen (secondary N) is 1. The average Bonchev–Trinajstić information content (AvgIpc) is 3.49. The van der Waals surface area contributed by atoms with Crippen molar-refractivity contribution in [3.8, 4) is 22.8 Å². The SMILES string of the molecule is COc1ccc(OC)c(-c2csc(NC(=O)c3ccccc3SCC3CCCO3)n2)c1. The van der Waals surface area contributed by atoms with Crippen LogP contribution in [0.4, 0.5) is 5.13 Å². The first-order valence-electron chi connectivity index (χ1n) is 10.0. The highest BCUT2D eigenvalue weighted by Crippen LogP contribution is 2.35. The Bertz CT molecular complexity index is 1050. The molecular weight excluding hydrogens is 432 g/mol. The van der Waals surface area contributed by atoms with Crippen LogP contribution in [0.2, 0.25) is 0 Å². The molecular formula is C23H24N2O4S2. The van der Waals surface area contributed by atoms with E-state index >= 15 is 0 Å². The first kappa shape index (κ1) is 21.7. The fourth-order valence-corrected chi connectivity index (χ4v) is 5.20. The molecule has 2 heterocycles. The minimum Gasteiger partial charge on any atom is -0.497 e. The molecule has 0 bridgehead atoms. The third kappa shape index (κ3) is 5.20. The second-order valence-electron chi connectivity index (χ2n) is 7.00. The van der Waals surface area contributed by atoms with Crippen molar-refractivity contribution in [2.45, 2.75) is 23.8 Å². The van der Waals surface area contributed by atoms with E-state index in [1.54, 1.807) is 26.0 Å². The number of benzene rings is 2. The zero-order valence-corrected chi connectivity index (χ0v) is 19.1. The second-order valence-corrected chi connectivity index (χ2v) is 8.92. The van der Waals surface area contributed by atoms with Crippen molar-refractivity contribution in [2.24, 2.45) is 0 Å². The third-order valence-corrected chi connectivity index (χ3v) is 6.95. The summed E-state index contributed by atoms with van der Waals surface area (Å²) in [6.07, 6.45) is 2.45. The fraction of sp³-hybridized carbons (Fsp3) is 0.304. The van der Waals surface area contributed by atoms with E-state index in [0.29, 0.717) is 22.2 Å². The number of aromatic nitrogens is 1. The van der Waals surface area contributed by atoms with Gasteiger partial charge in [-0.15, -0.1) is 23.1 Å². The molecule has 1 saturated heterocycles. The van der Waals surface area contributed by atoms with Crippen LogP contribution in [0.25, 0.3) is 11.3 Å². The predicted octanol–water partition coefficient (Wildman–Crippen LogP) is 5.35. The molecule has 0 radical (unpaired) electrons. The summed E-state index contributed by atoms with van der Waals surface area (Å²) in [5, 5.41) is 5.36. The number of hydrogen-bond donors (Lipinski definition) is 1. The van der Waals surface area contributed by atoms with Crippen LogP contribution in [0.3, 0.4) is 0 Å². The van der Waals surface area contributed by atoms with Crippen molar-refractivity contribution < 1.29 is 19.0 Å². The lowest BCUT2D eigenvalue weighted by Crippen LogP contribution is -2.14. The molecule has 1 N–H and O–H groups in total. The number of carbonyl (C=O) groups is 1. The molecule has 31 heavy (non-hydrogen) atoms. The first-order chi connectivity index (χ1) is 15.2. The Morgan fingerprint density at radius 1 is 1.26 bits per heavy atom. The van der Waals surface area contributed by atoms with Crippen molar-refractivity contribution >= 4 is 34.1 Å². The summed E-state index contributed by atoms with van der Waals surface area (Å²) in [4.78, 5) is 18.5. The van der Waals surface area contributed by atoms with Crippen LogP contribution in [0.15, 0.2) is 52.7 Å². The van der Waals surface area contributed by atoms with Gasteiger partial charge < -0.3 is 14.2 Å². The zero-order chi connectivity index (χ0) is 21.6. The van der Waals surface area contributed by atoms with Gasteiger partial charge in [-0.25, -0.2) is 4.98 Å². The van der Waals surface area contributed by atoms with E-state index in [9.17, 15) is 4.79 Å². The molecule has 162 valence electrons. The van der Waals surface area contributed by atoms with Crippen LogP contribution < -0.4 is 14.8 Å². The van der Waals surface area contributed by atoms with Crippen molar-refractivity contribution in [1.82, 2.24) is 4.98 Å². The second kappa shape index (κ2) is 10.2. The highest BCUT2D eigenvalue weighted by Gasteiger charge is 2.19. The van der Waals surface area contributed by atoms with Gasteiger partial charge in [-0.1, -0.05) is 12.1 Å². The summed E-state index contributed by atoms with van der Waals surface area (Å²) in [5.41, 5.74) is 2.17. The Hall–Kier alpha value is -2.55. The number of amides is 1. The quantitative estimate of drug-likeness (QED) is 0.461. The highest BCUT2D eigenvalue weighted by molar-refractivity contribution is 7.99. The van der Waals surface area contributed by atoms with Gasteiger partial charge in [0.05, 0.1) is 31.6 Å². The van der Waals surface area contributed by atoms with Crippen LogP contribution in [0.5, 0.6) is 11.5 Å². The number of anilines is 1. The van der Waals surface area contributed by atoms with Crippen LogP contribution in [0.1, 0.15) is 23.2 Å². The van der Waals surface area contributed by atoms with Crippen LogP contribution in [-0.4, -0.2) is 43.6 Å². The Labute approximate surface area is 189 Å². The Balaban J connectivity index is 1.49. The minimum absolute atomic E-state index is 0.172. The van der Waals surface area contributed by atoms with Gasteiger partial charge in [0.2, 0.25) is 0 Å². The Morgan fingerprint density at radius 3 is 2.90 bits per heavy atom. The van der Waals surface area contributed by atoms with E-state index < -0.39 is 0 Å². The van der Waals surface area contributed by atoms with Gasteiger partial charge in [-0.3, -0.25) is 10.1 Å². The minimum atomic E-state index is -0.172. The molecule has 0 spiro atoms. The number of nitrogens with zero attached hydrogens (tertiary/aromatic N) is 1. The topological polar surface area (TPSA) is 69.7 Å². The van der Waals surface area contributed by atoms with Crippen molar-refractivity contribution in [3.63, 3.8) is 0 Å². The highest BCUT2D eigenvalue weighted by atomic mass is 32.2. The van der Waals surface area contributed by atoms with Crippen LogP contribution in [-0.2, 0) is 4.74 Å². The molecule has 0 saturated carbocycles. The lowest BCUT2D eigenvalue weighted by Gasteiger charge is -2.11. The van der Waals surface area contributed by atoms with E-state index in [1.165, 1.54) is 11.3 Å². The van der Waals surface area contributed by atoms with E-state index in [-0.39, 0.29) is 12.0 Å². The van der Waals surface area contributed by atoms with Crippen molar-refractivity contribution in [1.29, 1.82) is 0 Å². The standard InChI is InChI=1S/C23H24N2O4S2/c1-27-15-9-10-20(28-2)18(12-15)19-14-31-23(24-19)25-22(26)17-7-3-4-8-21(17)30-13-16-6-5-11-29-16/h3-4,7-10,12,14,16H,5-6,11,13H2,1-2H3,(H,24,25,26). The van der Waals surface area contributed by atoms with Gasteiger partial charge in [-0.2, -0.15) is 0 Å². The van der Waals surface area contributed by atoms with Crippen LogP contribution in [0, 0.1) is 0 Å². The van der Waals surface area contributed by atoms with Gasteiger partial charge in [0.15, 0.2) is 5.13 Å². The molecule has 0 aliphatic carbocycles. The number of ether oxygens (including phenoxy) is 3. The normalized spacial score (nSPS) is 15.6. The lowest BCUT2D eigenvalue weighted by molar-refractivity contribution is 0.102. The Kier molecular flexibility index (Phi) is 7.11. The molecule has 1 unspecified atom stereocenters. The molecule has 1 aromatic heterocycles. The molecule has 8 heteroatoms. The van der Waals surface area contributed by atoms with Gasteiger partial charge >= 0.3 is 0 Å². The predicted molar refractivity (Wildman–Crippen MR) is 125 cm³/mol. The molecule has 2 aromatic carbocycles. The lowest BCUT2D eigenvalue weighted by atomic mass is 10.1. The number of rotatable bonds is 8. The smallest absolute Gasteiger partial charge is 0.258 e. The largest absolute Gasteiger partial charge is 0.497 e. The summed E-state index contributed by atoms with van der Waals surface area (Å²) in [5.74, 6) is 2.09. The summed E-state index contributed by atoms with van der Waals surface area (Å²) < 4.78 is 16.5. The molecule has 1 amide bonds. The monoisotopic (exact) mass is 456 g/mol. The summed E-state index contributed by atoms with van der Waals surface area (Å²) >= 11 is 3.03. The maximum absolute atomic E-state index is 13.0. The molecule has 1 atom stereocenters. The van der Waals surface area contributed by atoms with Gasteiger partial charge in [0.25, 0.3) is 5.91 Å². The van der Waals surface area contributed by atoms with Gasteiger partial charge in [0, 0.05) is 28.2 Å². The molecule has 1 aliphatic heterocycles. The van der Waals surface area contributed by atoms with Gasteiger partial charge in [-0.05, 0) is 43.2 Å². The summed E-state index contributed by atoms with van der Waals surface area (Å²) in [6.45, 7) is 0.831. The summed E-state index contributed by atoms with van der Waals surface area (Å²) in [6, 6.07) is 13.2. The average molecular weight is 457 g/mol. The van der Waals surface area contributed by atoms with Gasteiger partial charge in [0.1, 0.15) is 11.5 Å². The molecule has 6 nitrogen and oxygen atoms in total. The van der Waals surface area contributed by atoms with Crippen molar-refractivity contribution in [2.75, 3.05) is 31.9 Å². The summed E-state index contributed by atoms with van der Waals surface area (Å²) in [7, 11) is 3.23. The number of carbonyl (C=O) groups excluding carboxylic acids is 1. The zero-order valence-electron chi connectivity index (χ0n) is 17.4. The Morgan fingerprint density at radius 2 is 2.13 bits per heavy atom. The first-order valence-corrected chi connectivity index (χ1v) is 11.9. The number of thioether (sulfide) groups is 1. The maximum Gasteiger partial charge on any atom is 0.258 e. The molecule has 3 aromatic rings. The fourth-order valence-electron chi connectivity index (χ4n) is 3.37.